The van der Waals surface area contributed by atoms with Crippen LogP contribution >= 0.6 is 27.3 Å². The molecule has 0 bridgehead atoms. The van der Waals surface area contributed by atoms with Crippen molar-refractivity contribution in [1.82, 2.24) is 4.98 Å². The van der Waals surface area contributed by atoms with Gasteiger partial charge in [0.25, 0.3) is 0 Å². The highest BCUT2D eigenvalue weighted by Crippen LogP contribution is 2.28. The average Bonchev–Trinajstić information content (AvgIpc) is 2.27. The van der Waals surface area contributed by atoms with Gasteiger partial charge in [-0.1, -0.05) is 0 Å². The normalized spacial score (nSPS) is 16.9. The van der Waals surface area contributed by atoms with Crippen LogP contribution in [-0.2, 0) is 12.8 Å². The lowest BCUT2D eigenvalue weighted by molar-refractivity contribution is 0.815. The average molecular weight is 217 g/mol. The van der Waals surface area contributed by atoms with E-state index in [9.17, 15) is 0 Å². The van der Waals surface area contributed by atoms with Crippen LogP contribution in [0.5, 0.6) is 0 Å². The molecule has 3 heteroatoms. The molecule has 1 aliphatic carbocycles. The number of hydrogen-bond donors (Lipinski definition) is 0. The van der Waals surface area contributed by atoms with E-state index in [1.54, 1.807) is 11.3 Å². The number of fused-ring (bicyclic) bond motifs is 1. The third kappa shape index (κ3) is 1.12. The molecule has 0 unspecified atom stereocenters. The van der Waals surface area contributed by atoms with Crippen molar-refractivity contribution in [3.05, 3.63) is 20.9 Å². The largest absolute Gasteiger partial charge is 0.234 e. The van der Waals surface area contributed by atoms with Crippen LogP contribution in [-0.4, -0.2) is 4.98 Å². The Morgan fingerprint density at radius 3 is 3.30 bits per heavy atom. The SMILES string of the molecule is Brc1nc2c(s1)C[CH]CC2. The fourth-order valence-corrected chi connectivity index (χ4v) is 2.80. The van der Waals surface area contributed by atoms with E-state index >= 15 is 0 Å². The molecule has 2 rings (SSSR count). The zero-order valence-electron chi connectivity index (χ0n) is 5.43. The monoisotopic (exact) mass is 216 g/mol. The molecule has 0 fully saturated rings. The Morgan fingerprint density at radius 1 is 1.60 bits per heavy atom. The molecule has 1 heterocycles. The molecule has 0 saturated carbocycles. The summed E-state index contributed by atoms with van der Waals surface area (Å²) < 4.78 is 1.04. The third-order valence-electron chi connectivity index (χ3n) is 1.67. The molecular weight excluding hydrogens is 210 g/mol. The van der Waals surface area contributed by atoms with Crippen LogP contribution in [0.3, 0.4) is 0 Å². The molecule has 1 aliphatic rings. The van der Waals surface area contributed by atoms with Crippen LogP contribution in [0.25, 0.3) is 0 Å². The second-order valence-electron chi connectivity index (χ2n) is 2.37. The van der Waals surface area contributed by atoms with Gasteiger partial charge in [-0.15, -0.1) is 11.3 Å². The second-order valence-corrected chi connectivity index (χ2v) is 4.73. The zero-order valence-corrected chi connectivity index (χ0v) is 7.83. The van der Waals surface area contributed by atoms with Gasteiger partial charge in [-0.05, 0) is 41.6 Å². The van der Waals surface area contributed by atoms with Crippen LogP contribution in [0, 0.1) is 6.42 Å². The fraction of sp³-hybridized carbons (Fsp3) is 0.429. The molecule has 0 aromatic carbocycles. The molecule has 0 amide bonds. The van der Waals surface area contributed by atoms with Crippen molar-refractivity contribution in [2.24, 2.45) is 0 Å². The number of hydrogen-bond acceptors (Lipinski definition) is 2. The van der Waals surface area contributed by atoms with Gasteiger partial charge in [-0.25, -0.2) is 4.98 Å². The Kier molecular flexibility index (Phi) is 1.78. The lowest BCUT2D eigenvalue weighted by atomic mass is 10.0. The zero-order chi connectivity index (χ0) is 6.97. The maximum absolute atomic E-state index is 4.37. The van der Waals surface area contributed by atoms with Crippen LogP contribution in [0.4, 0.5) is 0 Å². The molecule has 1 aromatic rings. The fourth-order valence-electron chi connectivity index (χ4n) is 1.18. The van der Waals surface area contributed by atoms with Gasteiger partial charge in [0.2, 0.25) is 0 Å². The summed E-state index contributed by atoms with van der Waals surface area (Å²) in [6.07, 6.45) is 5.78. The van der Waals surface area contributed by atoms with Gasteiger partial charge < -0.3 is 0 Å². The molecule has 1 aromatic heterocycles. The van der Waals surface area contributed by atoms with Gasteiger partial charge in [0, 0.05) is 4.88 Å². The number of aryl methyl sites for hydroxylation is 1. The topological polar surface area (TPSA) is 12.9 Å². The predicted octanol–water partition coefficient (Wildman–Crippen LogP) is 2.60. The van der Waals surface area contributed by atoms with Gasteiger partial charge in [0.1, 0.15) is 0 Å². The summed E-state index contributed by atoms with van der Waals surface area (Å²) in [6, 6.07) is 0. The lowest BCUT2D eigenvalue weighted by Crippen LogP contribution is -1.99. The molecule has 0 spiro atoms. The van der Waals surface area contributed by atoms with E-state index in [0.717, 1.165) is 16.8 Å². The molecule has 0 atom stereocenters. The highest BCUT2D eigenvalue weighted by Gasteiger charge is 2.13. The smallest absolute Gasteiger partial charge is 0.159 e. The van der Waals surface area contributed by atoms with Crippen molar-refractivity contribution in [3.8, 4) is 0 Å². The van der Waals surface area contributed by atoms with Gasteiger partial charge >= 0.3 is 0 Å². The highest BCUT2D eigenvalue weighted by molar-refractivity contribution is 9.11. The summed E-state index contributed by atoms with van der Waals surface area (Å²) >= 11 is 5.15. The third-order valence-corrected chi connectivity index (χ3v) is 3.24. The molecule has 0 aliphatic heterocycles. The van der Waals surface area contributed by atoms with E-state index in [1.807, 2.05) is 0 Å². The Labute approximate surface area is 72.6 Å². The first kappa shape index (κ1) is 6.80. The summed E-state index contributed by atoms with van der Waals surface area (Å²) in [5.41, 5.74) is 1.30. The predicted molar refractivity (Wildman–Crippen MR) is 46.1 cm³/mol. The summed E-state index contributed by atoms with van der Waals surface area (Å²) in [4.78, 5) is 5.81. The Hall–Kier alpha value is 0.110. The minimum atomic E-state index is 1.04. The molecule has 1 nitrogen and oxygen atoms in total. The van der Waals surface area contributed by atoms with Crippen molar-refractivity contribution in [1.29, 1.82) is 0 Å². The Balaban J connectivity index is 2.41. The number of thiazole rings is 1. The van der Waals surface area contributed by atoms with Crippen LogP contribution in [0.1, 0.15) is 17.0 Å². The van der Waals surface area contributed by atoms with Crippen LogP contribution < -0.4 is 0 Å². The second kappa shape index (κ2) is 2.62. The number of aromatic nitrogens is 1. The summed E-state index contributed by atoms with van der Waals surface area (Å²) in [5.74, 6) is 0. The maximum Gasteiger partial charge on any atom is 0.159 e. The van der Waals surface area contributed by atoms with E-state index in [2.05, 4.69) is 27.3 Å². The number of nitrogens with zero attached hydrogens (tertiary/aromatic N) is 1. The van der Waals surface area contributed by atoms with Crippen molar-refractivity contribution in [2.45, 2.75) is 19.3 Å². The molecule has 0 saturated heterocycles. The molecule has 0 N–H and O–H groups in total. The quantitative estimate of drug-likeness (QED) is 0.650. The van der Waals surface area contributed by atoms with E-state index < -0.39 is 0 Å². The van der Waals surface area contributed by atoms with Crippen molar-refractivity contribution in [3.63, 3.8) is 0 Å². The maximum atomic E-state index is 4.37. The van der Waals surface area contributed by atoms with Gasteiger partial charge in [0.15, 0.2) is 3.92 Å². The van der Waals surface area contributed by atoms with Gasteiger partial charge in [0.05, 0.1) is 5.69 Å². The van der Waals surface area contributed by atoms with Crippen molar-refractivity contribution >= 4 is 27.3 Å². The van der Waals surface area contributed by atoms with E-state index in [-0.39, 0.29) is 0 Å². The molecular formula is C7H7BrNS. The number of rotatable bonds is 0. The van der Waals surface area contributed by atoms with Gasteiger partial charge in [-0.3, -0.25) is 0 Å². The van der Waals surface area contributed by atoms with Gasteiger partial charge in [-0.2, -0.15) is 0 Å². The van der Waals surface area contributed by atoms with Crippen molar-refractivity contribution in [2.75, 3.05) is 0 Å². The van der Waals surface area contributed by atoms with E-state index in [1.165, 1.54) is 17.0 Å². The first-order chi connectivity index (χ1) is 4.86. The molecule has 10 heavy (non-hydrogen) atoms. The van der Waals surface area contributed by atoms with E-state index in [4.69, 9.17) is 0 Å². The molecule has 1 radical (unpaired) electrons. The van der Waals surface area contributed by atoms with Crippen molar-refractivity contribution < 1.29 is 0 Å². The minimum Gasteiger partial charge on any atom is -0.234 e. The Bertz CT molecular complexity index is 220. The first-order valence-corrected chi connectivity index (χ1v) is 4.93. The lowest BCUT2D eigenvalue weighted by Gasteiger charge is -2.06. The summed E-state index contributed by atoms with van der Waals surface area (Å²) in [5, 5.41) is 0. The van der Waals surface area contributed by atoms with E-state index in [0.29, 0.717) is 0 Å². The Morgan fingerprint density at radius 2 is 2.50 bits per heavy atom. The summed E-state index contributed by atoms with van der Waals surface area (Å²) in [7, 11) is 0. The highest BCUT2D eigenvalue weighted by atomic mass is 79.9. The first-order valence-electron chi connectivity index (χ1n) is 3.32. The van der Waals surface area contributed by atoms with Crippen LogP contribution in [0.15, 0.2) is 3.92 Å². The summed E-state index contributed by atoms with van der Waals surface area (Å²) in [6.45, 7) is 0. The number of halogens is 1. The van der Waals surface area contributed by atoms with Crippen LogP contribution in [0.2, 0.25) is 0 Å². The molecule has 53 valence electrons. The standard InChI is InChI=1S/C7H7BrNS/c8-7-9-5-3-1-2-4-6(5)10-7/h2H,1,3-4H2. The minimum absolute atomic E-state index is 1.04.